The zero-order valence-corrected chi connectivity index (χ0v) is 17.5. The summed E-state index contributed by atoms with van der Waals surface area (Å²) in [5.41, 5.74) is 2.84. The fourth-order valence-electron chi connectivity index (χ4n) is 3.83. The first-order chi connectivity index (χ1) is 14.0. The van der Waals surface area contributed by atoms with Crippen molar-refractivity contribution in [1.82, 2.24) is 19.7 Å². The summed E-state index contributed by atoms with van der Waals surface area (Å²) in [5.74, 6) is 2.02. The van der Waals surface area contributed by atoms with Crippen LogP contribution in [-0.2, 0) is 17.8 Å². The Morgan fingerprint density at radius 3 is 2.72 bits per heavy atom. The molecule has 0 radical (unpaired) electrons. The molecule has 1 aliphatic rings. The molecule has 0 N–H and O–H groups in total. The second-order valence-electron chi connectivity index (χ2n) is 7.51. The van der Waals surface area contributed by atoms with E-state index in [0.717, 1.165) is 61.0 Å². The van der Waals surface area contributed by atoms with Crippen LogP contribution >= 0.6 is 11.6 Å². The van der Waals surface area contributed by atoms with Gasteiger partial charge in [-0.2, -0.15) is 5.10 Å². The van der Waals surface area contributed by atoms with Crippen molar-refractivity contribution in [1.29, 1.82) is 0 Å². The summed E-state index contributed by atoms with van der Waals surface area (Å²) in [4.78, 5) is 19.2. The first-order valence-corrected chi connectivity index (χ1v) is 10.4. The van der Waals surface area contributed by atoms with Crippen LogP contribution in [0.3, 0.4) is 0 Å². The molecule has 2 aromatic heterocycles. The van der Waals surface area contributed by atoms with Gasteiger partial charge < -0.3 is 9.32 Å². The van der Waals surface area contributed by atoms with Crippen LogP contribution < -0.4 is 0 Å². The predicted molar refractivity (Wildman–Crippen MR) is 112 cm³/mol. The smallest absolute Gasteiger partial charge is 0.244 e. The maximum atomic E-state index is 12.9. The Balaban J connectivity index is 1.42. The molecule has 0 atom stereocenters. The highest BCUT2D eigenvalue weighted by Gasteiger charge is 2.27. The summed E-state index contributed by atoms with van der Waals surface area (Å²) in [5, 5.41) is 5.35. The standard InChI is InChI=1S/C22H25ClN4O2/c1-3-19-12-20(17-5-4-6-18(23)11-17)25-27(19)14-21(28)26-9-7-16(8-10-26)22-24-13-15(2)29-22/h4-6,11-13,16H,3,7-10,14H2,1-2H3. The van der Waals surface area contributed by atoms with Gasteiger partial charge in [0.25, 0.3) is 0 Å². The number of aryl methyl sites for hydroxylation is 2. The minimum absolute atomic E-state index is 0.0995. The number of nitrogens with zero attached hydrogens (tertiary/aromatic N) is 4. The largest absolute Gasteiger partial charge is 0.446 e. The average Bonchev–Trinajstić information content (AvgIpc) is 3.34. The normalized spacial score (nSPS) is 15.1. The highest BCUT2D eigenvalue weighted by Crippen LogP contribution is 2.28. The Labute approximate surface area is 175 Å². The fourth-order valence-corrected chi connectivity index (χ4v) is 4.02. The Kier molecular flexibility index (Phi) is 5.72. The molecule has 0 unspecified atom stereocenters. The Bertz CT molecular complexity index is 1000. The van der Waals surface area contributed by atoms with Gasteiger partial charge in [0.2, 0.25) is 5.91 Å². The van der Waals surface area contributed by atoms with E-state index in [0.29, 0.717) is 5.02 Å². The first kappa shape index (κ1) is 19.7. The van der Waals surface area contributed by atoms with Gasteiger partial charge in [0.15, 0.2) is 5.89 Å². The number of hydrogen-bond acceptors (Lipinski definition) is 4. The van der Waals surface area contributed by atoms with Crippen LogP contribution in [0, 0.1) is 6.92 Å². The Morgan fingerprint density at radius 2 is 2.07 bits per heavy atom. The van der Waals surface area contributed by atoms with E-state index in [2.05, 4.69) is 17.0 Å². The van der Waals surface area contributed by atoms with Crippen molar-refractivity contribution in [3.63, 3.8) is 0 Å². The molecular weight excluding hydrogens is 388 g/mol. The zero-order valence-electron chi connectivity index (χ0n) is 16.8. The molecule has 0 bridgehead atoms. The molecule has 7 heteroatoms. The number of piperidine rings is 1. The molecule has 3 heterocycles. The topological polar surface area (TPSA) is 64.2 Å². The quantitative estimate of drug-likeness (QED) is 0.620. The number of rotatable bonds is 5. The maximum Gasteiger partial charge on any atom is 0.244 e. The molecular formula is C22H25ClN4O2. The van der Waals surface area contributed by atoms with E-state index in [-0.39, 0.29) is 18.4 Å². The minimum atomic E-state index is 0.0995. The summed E-state index contributed by atoms with van der Waals surface area (Å²) >= 11 is 6.11. The van der Waals surface area contributed by atoms with E-state index < -0.39 is 0 Å². The van der Waals surface area contributed by atoms with Crippen LogP contribution in [0.5, 0.6) is 0 Å². The third-order valence-electron chi connectivity index (χ3n) is 5.47. The van der Waals surface area contributed by atoms with Crippen molar-refractivity contribution in [3.05, 3.63) is 58.9 Å². The summed E-state index contributed by atoms with van der Waals surface area (Å²) in [6.07, 6.45) is 4.32. The van der Waals surface area contributed by atoms with E-state index >= 15 is 0 Å². The average molecular weight is 413 g/mol. The van der Waals surface area contributed by atoms with Crippen molar-refractivity contribution in [2.24, 2.45) is 0 Å². The lowest BCUT2D eigenvalue weighted by Gasteiger charge is -2.30. The number of oxazole rings is 1. The van der Waals surface area contributed by atoms with Crippen molar-refractivity contribution in [2.45, 2.75) is 45.6 Å². The van der Waals surface area contributed by atoms with E-state index in [1.165, 1.54) is 0 Å². The van der Waals surface area contributed by atoms with Gasteiger partial charge in [-0.25, -0.2) is 4.98 Å². The maximum absolute atomic E-state index is 12.9. The van der Waals surface area contributed by atoms with E-state index in [1.54, 1.807) is 6.20 Å². The molecule has 1 fully saturated rings. The number of carbonyl (C=O) groups excluding carboxylic acids is 1. The van der Waals surface area contributed by atoms with Gasteiger partial charge >= 0.3 is 0 Å². The SMILES string of the molecule is CCc1cc(-c2cccc(Cl)c2)nn1CC(=O)N1CCC(c2ncc(C)o2)CC1. The highest BCUT2D eigenvalue weighted by molar-refractivity contribution is 6.30. The summed E-state index contributed by atoms with van der Waals surface area (Å²) in [6, 6.07) is 9.66. The highest BCUT2D eigenvalue weighted by atomic mass is 35.5. The molecule has 3 aromatic rings. The fraction of sp³-hybridized carbons (Fsp3) is 0.409. The molecule has 1 aliphatic heterocycles. The van der Waals surface area contributed by atoms with Gasteiger partial charge in [0, 0.05) is 35.3 Å². The first-order valence-electron chi connectivity index (χ1n) is 10.1. The lowest BCUT2D eigenvalue weighted by molar-refractivity contribution is -0.133. The lowest BCUT2D eigenvalue weighted by Crippen LogP contribution is -2.40. The minimum Gasteiger partial charge on any atom is -0.446 e. The number of amides is 1. The van der Waals surface area contributed by atoms with Gasteiger partial charge in [-0.3, -0.25) is 9.48 Å². The second-order valence-corrected chi connectivity index (χ2v) is 7.94. The van der Waals surface area contributed by atoms with Gasteiger partial charge in [-0.15, -0.1) is 0 Å². The summed E-state index contributed by atoms with van der Waals surface area (Å²) in [6.45, 7) is 5.67. The van der Waals surface area contributed by atoms with Crippen molar-refractivity contribution in [2.75, 3.05) is 13.1 Å². The Morgan fingerprint density at radius 1 is 1.28 bits per heavy atom. The predicted octanol–water partition coefficient (Wildman–Crippen LogP) is 4.47. The van der Waals surface area contributed by atoms with Crippen molar-refractivity contribution >= 4 is 17.5 Å². The monoisotopic (exact) mass is 412 g/mol. The van der Waals surface area contributed by atoms with E-state index in [1.807, 2.05) is 46.8 Å². The summed E-state index contributed by atoms with van der Waals surface area (Å²) < 4.78 is 7.48. The molecule has 29 heavy (non-hydrogen) atoms. The molecule has 1 aromatic carbocycles. The van der Waals surface area contributed by atoms with Crippen LogP contribution in [-0.4, -0.2) is 38.7 Å². The van der Waals surface area contributed by atoms with Crippen LogP contribution in [0.25, 0.3) is 11.3 Å². The number of likely N-dealkylation sites (tertiary alicyclic amines) is 1. The molecule has 0 aliphatic carbocycles. The number of aromatic nitrogens is 3. The molecule has 4 rings (SSSR count). The van der Waals surface area contributed by atoms with E-state index in [9.17, 15) is 4.79 Å². The summed E-state index contributed by atoms with van der Waals surface area (Å²) in [7, 11) is 0. The van der Waals surface area contributed by atoms with Crippen LogP contribution in [0.2, 0.25) is 5.02 Å². The molecule has 6 nitrogen and oxygen atoms in total. The molecule has 0 spiro atoms. The van der Waals surface area contributed by atoms with Gasteiger partial charge in [-0.05, 0) is 44.4 Å². The zero-order chi connectivity index (χ0) is 20.4. The van der Waals surface area contributed by atoms with Crippen LogP contribution in [0.15, 0.2) is 40.9 Å². The van der Waals surface area contributed by atoms with Gasteiger partial charge in [0.05, 0.1) is 11.9 Å². The third kappa shape index (κ3) is 4.37. The number of benzene rings is 1. The number of carbonyl (C=O) groups is 1. The number of halogens is 1. The third-order valence-corrected chi connectivity index (χ3v) is 5.70. The number of hydrogen-bond donors (Lipinski definition) is 0. The molecule has 0 saturated carbocycles. The second kappa shape index (κ2) is 8.41. The van der Waals surface area contributed by atoms with Crippen molar-refractivity contribution < 1.29 is 9.21 Å². The van der Waals surface area contributed by atoms with Crippen LogP contribution in [0.4, 0.5) is 0 Å². The van der Waals surface area contributed by atoms with E-state index in [4.69, 9.17) is 16.0 Å². The lowest BCUT2D eigenvalue weighted by atomic mass is 9.97. The van der Waals surface area contributed by atoms with Crippen LogP contribution in [0.1, 0.15) is 43.0 Å². The van der Waals surface area contributed by atoms with Gasteiger partial charge in [-0.1, -0.05) is 30.7 Å². The molecule has 1 amide bonds. The molecule has 1 saturated heterocycles. The Hall–Kier alpha value is -2.60. The van der Waals surface area contributed by atoms with Gasteiger partial charge in [0.1, 0.15) is 12.3 Å². The van der Waals surface area contributed by atoms with Crippen molar-refractivity contribution in [3.8, 4) is 11.3 Å². The molecule has 152 valence electrons.